The van der Waals surface area contributed by atoms with Crippen molar-refractivity contribution in [2.24, 2.45) is 12.8 Å². The minimum atomic E-state index is 0.229. The first-order valence-corrected chi connectivity index (χ1v) is 6.78. The van der Waals surface area contributed by atoms with E-state index in [2.05, 4.69) is 29.9 Å². The highest BCUT2D eigenvalue weighted by molar-refractivity contribution is 5.87. The molecule has 1 atom stereocenters. The lowest BCUT2D eigenvalue weighted by Gasteiger charge is -2.18. The molecule has 0 aliphatic carbocycles. The minimum Gasteiger partial charge on any atom is -0.486 e. The fourth-order valence-electron chi connectivity index (χ4n) is 2.58. The zero-order valence-electron chi connectivity index (χ0n) is 11.5. The van der Waals surface area contributed by atoms with E-state index in [1.54, 1.807) is 0 Å². The predicted molar refractivity (Wildman–Crippen MR) is 75.9 cm³/mol. The van der Waals surface area contributed by atoms with Crippen molar-refractivity contribution in [1.29, 1.82) is 0 Å². The highest BCUT2D eigenvalue weighted by Gasteiger charge is 2.16. The molecule has 19 heavy (non-hydrogen) atoms. The van der Waals surface area contributed by atoms with Crippen LogP contribution < -0.4 is 15.2 Å². The lowest BCUT2D eigenvalue weighted by Crippen LogP contribution is -2.15. The third-order valence-corrected chi connectivity index (χ3v) is 3.60. The summed E-state index contributed by atoms with van der Waals surface area (Å²) in [7, 11) is 2.06. The zero-order chi connectivity index (χ0) is 13.4. The van der Waals surface area contributed by atoms with Crippen LogP contribution in [-0.2, 0) is 13.5 Å². The summed E-state index contributed by atoms with van der Waals surface area (Å²) < 4.78 is 13.4. The van der Waals surface area contributed by atoms with Crippen LogP contribution in [0.5, 0.6) is 11.5 Å². The van der Waals surface area contributed by atoms with E-state index in [0.29, 0.717) is 13.2 Å². The number of aryl methyl sites for hydroxylation is 2. The molecule has 4 nitrogen and oxygen atoms in total. The highest BCUT2D eigenvalue weighted by atomic mass is 16.6. The second-order valence-corrected chi connectivity index (χ2v) is 5.29. The van der Waals surface area contributed by atoms with Gasteiger partial charge in [0.05, 0.1) is 5.52 Å². The van der Waals surface area contributed by atoms with Gasteiger partial charge in [0.15, 0.2) is 11.5 Å². The maximum Gasteiger partial charge on any atom is 0.163 e. The number of hydrogen-bond acceptors (Lipinski definition) is 3. The van der Waals surface area contributed by atoms with E-state index in [-0.39, 0.29) is 6.04 Å². The number of hydrogen-bond donors (Lipinski definition) is 1. The van der Waals surface area contributed by atoms with Crippen LogP contribution in [0, 0.1) is 0 Å². The van der Waals surface area contributed by atoms with Gasteiger partial charge in [-0.2, -0.15) is 0 Å². The summed E-state index contributed by atoms with van der Waals surface area (Å²) in [6.07, 6.45) is 4.17. The van der Waals surface area contributed by atoms with Gasteiger partial charge < -0.3 is 19.8 Å². The zero-order valence-corrected chi connectivity index (χ0v) is 11.5. The van der Waals surface area contributed by atoms with Crippen molar-refractivity contribution < 1.29 is 9.47 Å². The van der Waals surface area contributed by atoms with Crippen molar-refractivity contribution >= 4 is 10.9 Å². The van der Waals surface area contributed by atoms with Gasteiger partial charge in [-0.05, 0) is 31.4 Å². The van der Waals surface area contributed by atoms with Crippen LogP contribution in [0.15, 0.2) is 18.3 Å². The maximum absolute atomic E-state index is 5.85. The summed E-state index contributed by atoms with van der Waals surface area (Å²) in [5, 5.41) is 1.24. The van der Waals surface area contributed by atoms with Crippen molar-refractivity contribution in [3.8, 4) is 11.5 Å². The lowest BCUT2D eigenvalue weighted by molar-refractivity contribution is 0.172. The molecule has 1 unspecified atom stereocenters. The van der Waals surface area contributed by atoms with E-state index in [9.17, 15) is 0 Å². The molecule has 1 aliphatic rings. The lowest BCUT2D eigenvalue weighted by atomic mass is 10.1. The van der Waals surface area contributed by atoms with Crippen LogP contribution >= 0.6 is 0 Å². The summed E-state index contributed by atoms with van der Waals surface area (Å²) in [5.41, 5.74) is 8.36. The summed E-state index contributed by atoms with van der Waals surface area (Å²) in [6, 6.07) is 4.40. The molecule has 1 aromatic carbocycles. The smallest absolute Gasteiger partial charge is 0.163 e. The fourth-order valence-corrected chi connectivity index (χ4v) is 2.58. The molecule has 2 heterocycles. The molecule has 2 N–H and O–H groups in total. The Hall–Kier alpha value is -1.68. The Labute approximate surface area is 113 Å². The van der Waals surface area contributed by atoms with Crippen molar-refractivity contribution in [2.45, 2.75) is 25.8 Å². The first kappa shape index (κ1) is 12.4. The number of fused-ring (bicyclic) bond motifs is 2. The van der Waals surface area contributed by atoms with Crippen LogP contribution in [0.2, 0.25) is 0 Å². The van der Waals surface area contributed by atoms with E-state index in [1.165, 1.54) is 16.5 Å². The molecule has 1 aromatic heterocycles. The van der Waals surface area contributed by atoms with E-state index >= 15 is 0 Å². The van der Waals surface area contributed by atoms with Crippen LogP contribution in [0.1, 0.15) is 18.9 Å². The van der Waals surface area contributed by atoms with E-state index in [0.717, 1.165) is 24.3 Å². The van der Waals surface area contributed by atoms with Gasteiger partial charge in [-0.25, -0.2) is 0 Å². The van der Waals surface area contributed by atoms with Gasteiger partial charge in [0.2, 0.25) is 0 Å². The van der Waals surface area contributed by atoms with Crippen LogP contribution in [-0.4, -0.2) is 23.8 Å². The normalized spacial score (nSPS) is 15.7. The molecule has 2 aromatic rings. The van der Waals surface area contributed by atoms with Crippen LogP contribution in [0.25, 0.3) is 10.9 Å². The molecule has 0 saturated heterocycles. The van der Waals surface area contributed by atoms with Crippen LogP contribution in [0.4, 0.5) is 0 Å². The first-order chi connectivity index (χ1) is 9.15. The van der Waals surface area contributed by atoms with Gasteiger partial charge in [0, 0.05) is 30.7 Å². The number of benzene rings is 1. The topological polar surface area (TPSA) is 49.4 Å². The Morgan fingerprint density at radius 3 is 2.63 bits per heavy atom. The molecule has 1 aliphatic heterocycles. The molecular weight excluding hydrogens is 240 g/mol. The fraction of sp³-hybridized carbons (Fsp3) is 0.467. The summed E-state index contributed by atoms with van der Waals surface area (Å²) in [6.45, 7) is 3.30. The van der Waals surface area contributed by atoms with E-state index < -0.39 is 0 Å². The molecular formula is C15H20N2O2. The van der Waals surface area contributed by atoms with Gasteiger partial charge in [-0.1, -0.05) is 0 Å². The quantitative estimate of drug-likeness (QED) is 0.920. The van der Waals surface area contributed by atoms with Crippen molar-refractivity contribution in [3.63, 3.8) is 0 Å². The monoisotopic (exact) mass is 260 g/mol. The molecule has 0 amide bonds. The summed E-state index contributed by atoms with van der Waals surface area (Å²) in [5.74, 6) is 1.70. The molecule has 0 bridgehead atoms. The second kappa shape index (κ2) is 4.78. The Morgan fingerprint density at radius 2 is 1.95 bits per heavy atom. The average Bonchev–Trinajstić information content (AvgIpc) is 2.70. The first-order valence-electron chi connectivity index (χ1n) is 6.78. The Balaban J connectivity index is 2.04. The number of rotatable bonds is 3. The Kier molecular flexibility index (Phi) is 3.11. The molecule has 0 spiro atoms. The Morgan fingerprint density at radius 1 is 1.26 bits per heavy atom. The third-order valence-electron chi connectivity index (χ3n) is 3.60. The number of nitrogens with zero attached hydrogens (tertiary/aromatic N) is 1. The van der Waals surface area contributed by atoms with Crippen molar-refractivity contribution in [1.82, 2.24) is 4.57 Å². The maximum atomic E-state index is 5.85. The molecule has 3 rings (SSSR count). The van der Waals surface area contributed by atoms with Crippen molar-refractivity contribution in [3.05, 3.63) is 23.9 Å². The molecule has 0 radical (unpaired) electrons. The number of ether oxygens (including phenoxy) is 2. The molecule has 4 heteroatoms. The third kappa shape index (κ3) is 2.28. The largest absolute Gasteiger partial charge is 0.486 e. The second-order valence-electron chi connectivity index (χ2n) is 5.29. The Bertz CT molecular complexity index is 602. The molecule has 0 fully saturated rings. The van der Waals surface area contributed by atoms with Gasteiger partial charge in [0.1, 0.15) is 13.2 Å². The van der Waals surface area contributed by atoms with Crippen molar-refractivity contribution in [2.75, 3.05) is 13.2 Å². The van der Waals surface area contributed by atoms with Crippen LogP contribution in [0.3, 0.4) is 0 Å². The highest BCUT2D eigenvalue weighted by Crippen LogP contribution is 2.36. The SMILES string of the molecule is CC(N)CCc1cn(C)c2cc3c(cc12)OCCO3. The van der Waals surface area contributed by atoms with E-state index in [4.69, 9.17) is 15.2 Å². The number of nitrogens with two attached hydrogens (primary N) is 1. The van der Waals surface area contributed by atoms with Gasteiger partial charge in [-0.15, -0.1) is 0 Å². The number of aromatic nitrogens is 1. The van der Waals surface area contributed by atoms with Gasteiger partial charge in [-0.3, -0.25) is 0 Å². The molecule has 0 saturated carbocycles. The summed E-state index contributed by atoms with van der Waals surface area (Å²) in [4.78, 5) is 0. The standard InChI is InChI=1S/C15H20N2O2/c1-10(16)3-4-11-9-17(2)13-8-15-14(7-12(11)13)18-5-6-19-15/h7-10H,3-6,16H2,1-2H3. The molecule has 102 valence electrons. The van der Waals surface area contributed by atoms with Gasteiger partial charge >= 0.3 is 0 Å². The van der Waals surface area contributed by atoms with E-state index in [1.807, 2.05) is 6.92 Å². The average molecular weight is 260 g/mol. The summed E-state index contributed by atoms with van der Waals surface area (Å²) >= 11 is 0. The predicted octanol–water partition coefficient (Wildman–Crippen LogP) is 2.23. The minimum absolute atomic E-state index is 0.229. The van der Waals surface area contributed by atoms with Gasteiger partial charge in [0.25, 0.3) is 0 Å².